The van der Waals surface area contributed by atoms with Gasteiger partial charge in [0.2, 0.25) is 5.91 Å². The minimum atomic E-state index is -0.815. The minimum Gasteiger partial charge on any atom is -0.493 e. The number of para-hydroxylation sites is 1. The highest BCUT2D eigenvalue weighted by Gasteiger charge is 2.41. The zero-order chi connectivity index (χ0) is 15.0. The molecule has 5 heteroatoms. The number of nitrogens with zero attached hydrogens (tertiary/aromatic N) is 1. The van der Waals surface area contributed by atoms with Crippen LogP contribution >= 0.6 is 0 Å². The van der Waals surface area contributed by atoms with Crippen molar-refractivity contribution in [2.24, 2.45) is 5.92 Å². The van der Waals surface area contributed by atoms with Crippen LogP contribution in [-0.4, -0.2) is 41.1 Å². The number of carbonyl (C=O) groups excluding carboxylic acids is 1. The van der Waals surface area contributed by atoms with Crippen molar-refractivity contribution < 1.29 is 19.4 Å². The minimum absolute atomic E-state index is 0.0296. The smallest absolute Gasteiger partial charge is 0.308 e. The number of carboxylic acid groups (broad SMARTS) is 1. The maximum Gasteiger partial charge on any atom is 0.308 e. The number of aliphatic carboxylic acids is 1. The zero-order valence-electron chi connectivity index (χ0n) is 12.0. The van der Waals surface area contributed by atoms with Gasteiger partial charge in [-0.25, -0.2) is 0 Å². The predicted octanol–water partition coefficient (Wildman–Crippen LogP) is 1.87. The van der Waals surface area contributed by atoms with Gasteiger partial charge in [-0.2, -0.15) is 0 Å². The summed E-state index contributed by atoms with van der Waals surface area (Å²) in [6.07, 6.45) is 1.18. The molecule has 0 saturated carbocycles. The van der Waals surface area contributed by atoms with E-state index in [9.17, 15) is 14.7 Å². The van der Waals surface area contributed by atoms with Crippen LogP contribution in [0.15, 0.2) is 24.3 Å². The summed E-state index contributed by atoms with van der Waals surface area (Å²) in [4.78, 5) is 25.7. The van der Waals surface area contributed by atoms with E-state index in [0.717, 1.165) is 11.3 Å². The van der Waals surface area contributed by atoms with Crippen molar-refractivity contribution in [1.82, 2.24) is 4.90 Å². The second kappa shape index (κ2) is 5.39. The van der Waals surface area contributed by atoms with Crippen LogP contribution in [0.5, 0.6) is 5.75 Å². The highest BCUT2D eigenvalue weighted by Crippen LogP contribution is 2.36. The van der Waals surface area contributed by atoms with Crippen molar-refractivity contribution in [2.45, 2.75) is 31.7 Å². The van der Waals surface area contributed by atoms with Gasteiger partial charge in [0.1, 0.15) is 5.75 Å². The number of likely N-dealkylation sites (tertiary alicyclic amines) is 1. The third-order valence-electron chi connectivity index (χ3n) is 4.61. The first-order valence-corrected chi connectivity index (χ1v) is 7.34. The van der Waals surface area contributed by atoms with E-state index in [0.29, 0.717) is 26.0 Å². The molecule has 1 N–H and O–H groups in total. The number of rotatable bonds is 2. The van der Waals surface area contributed by atoms with Gasteiger partial charge in [0, 0.05) is 18.2 Å². The summed E-state index contributed by atoms with van der Waals surface area (Å²) in [5.41, 5.74) is 0.916. The summed E-state index contributed by atoms with van der Waals surface area (Å²) in [6.45, 7) is 2.88. The Hall–Kier alpha value is -2.04. The largest absolute Gasteiger partial charge is 0.493 e. The van der Waals surface area contributed by atoms with Crippen molar-refractivity contribution in [3.63, 3.8) is 0 Å². The van der Waals surface area contributed by atoms with E-state index in [-0.39, 0.29) is 17.9 Å². The van der Waals surface area contributed by atoms with E-state index >= 15 is 0 Å². The SMILES string of the molecule is CC1C(C(=O)O)CCN1C(=O)C1CCOc2ccccc21. The molecule has 0 spiro atoms. The Bertz CT molecular complexity index is 571. The van der Waals surface area contributed by atoms with Crippen LogP contribution in [0.2, 0.25) is 0 Å². The molecule has 112 valence electrons. The molecular formula is C16H19NO4. The standard InChI is InChI=1S/C16H19NO4/c1-10-11(16(19)20)6-8-17(10)15(18)13-7-9-21-14-5-3-2-4-12(13)14/h2-5,10-11,13H,6-9H2,1H3,(H,19,20). The third-order valence-corrected chi connectivity index (χ3v) is 4.61. The summed E-state index contributed by atoms with van der Waals surface area (Å²) in [7, 11) is 0. The van der Waals surface area contributed by atoms with Crippen LogP contribution in [0.25, 0.3) is 0 Å². The number of hydrogen-bond acceptors (Lipinski definition) is 3. The average Bonchev–Trinajstić information content (AvgIpc) is 2.88. The van der Waals surface area contributed by atoms with Gasteiger partial charge < -0.3 is 14.7 Å². The molecule has 0 bridgehead atoms. The van der Waals surface area contributed by atoms with Gasteiger partial charge in [0.05, 0.1) is 18.4 Å². The van der Waals surface area contributed by atoms with Crippen molar-refractivity contribution in [3.05, 3.63) is 29.8 Å². The molecule has 2 aliphatic rings. The quantitative estimate of drug-likeness (QED) is 0.902. The van der Waals surface area contributed by atoms with Gasteiger partial charge in [0.25, 0.3) is 0 Å². The molecule has 1 aromatic rings. The molecule has 5 nitrogen and oxygen atoms in total. The highest BCUT2D eigenvalue weighted by molar-refractivity contribution is 5.86. The monoisotopic (exact) mass is 289 g/mol. The summed E-state index contributed by atoms with van der Waals surface area (Å²) in [5, 5.41) is 9.19. The first-order valence-electron chi connectivity index (χ1n) is 7.34. The van der Waals surface area contributed by atoms with Crippen LogP contribution < -0.4 is 4.74 Å². The van der Waals surface area contributed by atoms with Crippen LogP contribution in [-0.2, 0) is 9.59 Å². The lowest BCUT2D eigenvalue weighted by molar-refractivity contribution is -0.143. The molecule has 3 unspecified atom stereocenters. The first kappa shape index (κ1) is 13.9. The number of carboxylic acids is 1. The van der Waals surface area contributed by atoms with Crippen LogP contribution in [0.3, 0.4) is 0 Å². The molecule has 1 amide bonds. The second-order valence-electron chi connectivity index (χ2n) is 5.73. The summed E-state index contributed by atoms with van der Waals surface area (Å²) in [6, 6.07) is 7.35. The molecule has 2 heterocycles. The number of fused-ring (bicyclic) bond motifs is 1. The zero-order valence-corrected chi connectivity index (χ0v) is 12.0. The van der Waals surface area contributed by atoms with Gasteiger partial charge >= 0.3 is 5.97 Å². The number of hydrogen-bond donors (Lipinski definition) is 1. The third kappa shape index (κ3) is 2.37. The fourth-order valence-corrected chi connectivity index (χ4v) is 3.38. The van der Waals surface area contributed by atoms with E-state index in [1.165, 1.54) is 0 Å². The van der Waals surface area contributed by atoms with Crippen LogP contribution in [0, 0.1) is 5.92 Å². The molecule has 0 aliphatic carbocycles. The maximum absolute atomic E-state index is 12.8. The predicted molar refractivity (Wildman–Crippen MR) is 76.2 cm³/mol. The number of benzene rings is 1. The summed E-state index contributed by atoms with van der Waals surface area (Å²) in [5.74, 6) is -0.690. The second-order valence-corrected chi connectivity index (χ2v) is 5.73. The van der Waals surface area contributed by atoms with Gasteiger partial charge in [-0.15, -0.1) is 0 Å². The molecule has 21 heavy (non-hydrogen) atoms. The van der Waals surface area contributed by atoms with Crippen LogP contribution in [0.1, 0.15) is 31.2 Å². The lowest BCUT2D eigenvalue weighted by Gasteiger charge is -2.31. The van der Waals surface area contributed by atoms with E-state index in [4.69, 9.17) is 4.74 Å². The lowest BCUT2D eigenvalue weighted by atomic mass is 9.91. The highest BCUT2D eigenvalue weighted by atomic mass is 16.5. The Morgan fingerprint density at radius 2 is 2.05 bits per heavy atom. The Labute approximate surface area is 123 Å². The lowest BCUT2D eigenvalue weighted by Crippen LogP contribution is -2.41. The molecule has 0 aromatic heterocycles. The van der Waals surface area contributed by atoms with Crippen molar-refractivity contribution in [1.29, 1.82) is 0 Å². The topological polar surface area (TPSA) is 66.8 Å². The summed E-state index contributed by atoms with van der Waals surface area (Å²) < 4.78 is 5.59. The van der Waals surface area contributed by atoms with Crippen molar-refractivity contribution in [2.75, 3.05) is 13.2 Å². The molecule has 1 saturated heterocycles. The van der Waals surface area contributed by atoms with Crippen molar-refractivity contribution >= 4 is 11.9 Å². The molecule has 0 radical (unpaired) electrons. The number of amides is 1. The van der Waals surface area contributed by atoms with E-state index in [1.807, 2.05) is 31.2 Å². The van der Waals surface area contributed by atoms with Gasteiger partial charge in [-0.1, -0.05) is 18.2 Å². The molecule has 2 aliphatic heterocycles. The first-order chi connectivity index (χ1) is 10.1. The Morgan fingerprint density at radius 3 is 2.76 bits per heavy atom. The molecular weight excluding hydrogens is 270 g/mol. The van der Waals surface area contributed by atoms with Crippen LogP contribution in [0.4, 0.5) is 0 Å². The normalized spacial score (nSPS) is 27.9. The van der Waals surface area contributed by atoms with Gasteiger partial charge in [-0.05, 0) is 25.8 Å². The van der Waals surface area contributed by atoms with Gasteiger partial charge in [0.15, 0.2) is 0 Å². The fraction of sp³-hybridized carbons (Fsp3) is 0.500. The van der Waals surface area contributed by atoms with E-state index in [1.54, 1.807) is 4.90 Å². The maximum atomic E-state index is 12.8. The van der Waals surface area contributed by atoms with E-state index < -0.39 is 11.9 Å². The van der Waals surface area contributed by atoms with E-state index in [2.05, 4.69) is 0 Å². The van der Waals surface area contributed by atoms with Gasteiger partial charge in [-0.3, -0.25) is 9.59 Å². The average molecular weight is 289 g/mol. The molecule has 3 rings (SSSR count). The number of carbonyl (C=O) groups is 2. The molecule has 1 aromatic carbocycles. The Morgan fingerprint density at radius 1 is 1.29 bits per heavy atom. The number of ether oxygens (including phenoxy) is 1. The van der Waals surface area contributed by atoms with Crippen molar-refractivity contribution in [3.8, 4) is 5.75 Å². The fourth-order valence-electron chi connectivity index (χ4n) is 3.38. The summed E-state index contributed by atoms with van der Waals surface area (Å²) >= 11 is 0. The Balaban J connectivity index is 1.83. The molecule has 1 fully saturated rings. The Kier molecular flexibility index (Phi) is 3.57. The molecule has 3 atom stereocenters.